The van der Waals surface area contributed by atoms with Crippen molar-refractivity contribution in [3.05, 3.63) is 24.3 Å². The van der Waals surface area contributed by atoms with Crippen LogP contribution in [0.3, 0.4) is 0 Å². The Hall–Kier alpha value is -2.04. The number of rotatable bonds is 3. The highest BCUT2D eigenvalue weighted by Gasteiger charge is 2.02. The molecule has 1 rings (SSSR count). The average molecular weight is 194 g/mol. The van der Waals surface area contributed by atoms with E-state index in [9.17, 15) is 9.59 Å². The molecule has 14 heavy (non-hydrogen) atoms. The summed E-state index contributed by atoms with van der Waals surface area (Å²) in [5.74, 6) is 0.971. The van der Waals surface area contributed by atoms with Crippen LogP contribution in [0.15, 0.2) is 24.3 Å². The summed E-state index contributed by atoms with van der Waals surface area (Å²) in [6, 6.07) is 6.35. The molecule has 1 aromatic rings. The second-order valence-electron chi connectivity index (χ2n) is 2.29. The van der Waals surface area contributed by atoms with Crippen LogP contribution in [0, 0.1) is 0 Å². The van der Waals surface area contributed by atoms with E-state index in [4.69, 9.17) is 4.74 Å². The van der Waals surface area contributed by atoms with Crippen LogP contribution in [0.1, 0.15) is 0 Å². The molecule has 0 spiro atoms. The summed E-state index contributed by atoms with van der Waals surface area (Å²) in [5.41, 5.74) is 0. The van der Waals surface area contributed by atoms with E-state index < -0.39 is 6.09 Å². The summed E-state index contributed by atoms with van der Waals surface area (Å²) in [7, 11) is 1.53. The van der Waals surface area contributed by atoms with Gasteiger partial charge in [0, 0.05) is 0 Å². The van der Waals surface area contributed by atoms with Gasteiger partial charge in [-0.05, 0) is 24.3 Å². The molecule has 0 unspecified atom stereocenters. The molecule has 0 saturated carbocycles. The molecule has 0 bridgehead atoms. The van der Waals surface area contributed by atoms with Crippen molar-refractivity contribution in [2.45, 2.75) is 0 Å². The van der Waals surface area contributed by atoms with Crippen molar-refractivity contribution in [1.29, 1.82) is 0 Å². The molecular formula is C9H8NO4. The predicted octanol–water partition coefficient (Wildman–Crippen LogP) is 0.851. The largest absolute Gasteiger partial charge is 0.497 e. The summed E-state index contributed by atoms with van der Waals surface area (Å²) >= 11 is 0. The van der Waals surface area contributed by atoms with Gasteiger partial charge < -0.3 is 9.47 Å². The fourth-order valence-corrected chi connectivity index (χ4v) is 0.818. The monoisotopic (exact) mass is 194 g/mol. The van der Waals surface area contributed by atoms with Crippen LogP contribution < -0.4 is 14.8 Å². The van der Waals surface area contributed by atoms with E-state index in [0.717, 1.165) is 0 Å². The van der Waals surface area contributed by atoms with Crippen molar-refractivity contribution in [3.63, 3.8) is 0 Å². The van der Waals surface area contributed by atoms with Gasteiger partial charge >= 0.3 is 12.5 Å². The summed E-state index contributed by atoms with van der Waals surface area (Å²) in [6.45, 7) is 0. The number of methoxy groups -OCH3 is 1. The number of nitrogens with one attached hydrogen (secondary N) is 1. The normalized spacial score (nSPS) is 8.93. The molecule has 5 heteroatoms. The Morgan fingerprint density at radius 3 is 2.36 bits per heavy atom. The quantitative estimate of drug-likeness (QED) is 0.724. The first-order valence-electron chi connectivity index (χ1n) is 3.75. The van der Waals surface area contributed by atoms with Gasteiger partial charge in [0.2, 0.25) is 0 Å². The molecule has 2 amide bonds. The van der Waals surface area contributed by atoms with Gasteiger partial charge in [-0.3, -0.25) is 10.1 Å². The predicted molar refractivity (Wildman–Crippen MR) is 47.8 cm³/mol. The molecule has 0 fully saturated rings. The van der Waals surface area contributed by atoms with Crippen molar-refractivity contribution in [2.75, 3.05) is 7.11 Å². The van der Waals surface area contributed by atoms with Crippen molar-refractivity contribution in [2.24, 2.45) is 0 Å². The number of imide groups is 1. The van der Waals surface area contributed by atoms with E-state index in [1.54, 1.807) is 29.6 Å². The number of amides is 2. The van der Waals surface area contributed by atoms with Crippen LogP contribution in [0.2, 0.25) is 0 Å². The number of hydrogen-bond acceptors (Lipinski definition) is 4. The fourth-order valence-electron chi connectivity index (χ4n) is 0.818. The minimum Gasteiger partial charge on any atom is -0.497 e. The molecule has 5 nitrogen and oxygen atoms in total. The van der Waals surface area contributed by atoms with Gasteiger partial charge in [0.15, 0.2) is 0 Å². The van der Waals surface area contributed by atoms with Crippen molar-refractivity contribution < 1.29 is 19.1 Å². The minimum absolute atomic E-state index is 0.318. The van der Waals surface area contributed by atoms with Crippen LogP contribution in [0.25, 0.3) is 0 Å². The van der Waals surface area contributed by atoms with Gasteiger partial charge in [0.1, 0.15) is 11.5 Å². The van der Waals surface area contributed by atoms with E-state index in [1.165, 1.54) is 13.5 Å². The average Bonchev–Trinajstić information content (AvgIpc) is 2.19. The Morgan fingerprint density at radius 1 is 1.29 bits per heavy atom. The van der Waals surface area contributed by atoms with Crippen molar-refractivity contribution in [3.8, 4) is 11.5 Å². The van der Waals surface area contributed by atoms with Crippen LogP contribution in [-0.2, 0) is 4.79 Å². The zero-order valence-corrected chi connectivity index (χ0v) is 7.44. The minimum atomic E-state index is -0.870. The van der Waals surface area contributed by atoms with Crippen LogP contribution in [0.5, 0.6) is 11.5 Å². The highest BCUT2D eigenvalue weighted by molar-refractivity contribution is 5.81. The Labute approximate surface area is 80.6 Å². The van der Waals surface area contributed by atoms with Gasteiger partial charge in [-0.1, -0.05) is 0 Å². The number of benzene rings is 1. The van der Waals surface area contributed by atoms with Crippen molar-refractivity contribution in [1.82, 2.24) is 5.32 Å². The van der Waals surface area contributed by atoms with Gasteiger partial charge in [0.25, 0.3) is 0 Å². The summed E-state index contributed by atoms with van der Waals surface area (Å²) < 4.78 is 9.59. The Bertz CT molecular complexity index is 320. The second-order valence-corrected chi connectivity index (χ2v) is 2.29. The first kappa shape index (κ1) is 10.0. The molecule has 0 heterocycles. The second kappa shape index (κ2) is 4.86. The standard InChI is InChI=1S/C9H8NO4/c1-13-7-2-4-8(5-3-7)14-9(12)10-6-11/h2-5H,1H3,(H,10,11,12). The van der Waals surface area contributed by atoms with Crippen molar-refractivity contribution >= 4 is 12.5 Å². The third-order valence-corrected chi connectivity index (χ3v) is 1.42. The highest BCUT2D eigenvalue weighted by atomic mass is 16.6. The SMILES string of the molecule is COc1ccc(OC(=O)N[C]=O)cc1. The first-order chi connectivity index (χ1) is 6.76. The fraction of sp³-hybridized carbons (Fsp3) is 0.111. The van der Waals surface area contributed by atoms with Gasteiger partial charge in [-0.2, -0.15) is 0 Å². The van der Waals surface area contributed by atoms with Crippen LogP contribution >= 0.6 is 0 Å². The highest BCUT2D eigenvalue weighted by Crippen LogP contribution is 2.16. The topological polar surface area (TPSA) is 64.6 Å². The zero-order chi connectivity index (χ0) is 10.4. The Morgan fingerprint density at radius 2 is 1.86 bits per heavy atom. The Kier molecular flexibility index (Phi) is 3.49. The third kappa shape index (κ3) is 2.78. The zero-order valence-electron chi connectivity index (χ0n) is 7.44. The molecule has 0 aliphatic heterocycles. The van der Waals surface area contributed by atoms with E-state index in [-0.39, 0.29) is 0 Å². The molecule has 1 aromatic carbocycles. The number of ether oxygens (including phenoxy) is 2. The summed E-state index contributed by atoms with van der Waals surface area (Å²) in [4.78, 5) is 20.5. The third-order valence-electron chi connectivity index (χ3n) is 1.42. The number of carbonyl (C=O) groups excluding carboxylic acids is 2. The smallest absolute Gasteiger partial charge is 0.419 e. The lowest BCUT2D eigenvalue weighted by Crippen LogP contribution is -2.24. The van der Waals surface area contributed by atoms with Crippen LogP contribution in [0.4, 0.5) is 4.79 Å². The van der Waals surface area contributed by atoms with E-state index >= 15 is 0 Å². The molecule has 1 N–H and O–H groups in total. The summed E-state index contributed by atoms with van der Waals surface area (Å²) in [5, 5.41) is 1.72. The molecule has 73 valence electrons. The van der Waals surface area contributed by atoms with Gasteiger partial charge in [-0.15, -0.1) is 0 Å². The molecular weight excluding hydrogens is 186 g/mol. The maximum absolute atomic E-state index is 10.7. The molecule has 0 saturated heterocycles. The molecule has 1 radical (unpaired) electrons. The first-order valence-corrected chi connectivity index (χ1v) is 3.75. The Balaban J connectivity index is 2.59. The van der Waals surface area contributed by atoms with E-state index in [0.29, 0.717) is 11.5 Å². The van der Waals surface area contributed by atoms with E-state index in [1.807, 2.05) is 0 Å². The molecule has 0 aromatic heterocycles. The lowest BCUT2D eigenvalue weighted by Gasteiger charge is -2.03. The molecule has 0 aliphatic carbocycles. The number of carbonyl (C=O) groups is 1. The van der Waals surface area contributed by atoms with Gasteiger partial charge in [-0.25, -0.2) is 4.79 Å². The van der Waals surface area contributed by atoms with Gasteiger partial charge in [0.05, 0.1) is 7.11 Å². The molecule has 0 aliphatic rings. The lowest BCUT2D eigenvalue weighted by atomic mass is 10.3. The van der Waals surface area contributed by atoms with E-state index in [2.05, 4.69) is 4.74 Å². The number of hydrogen-bond donors (Lipinski definition) is 1. The lowest BCUT2D eigenvalue weighted by molar-refractivity contribution is 0.205. The molecule has 0 atom stereocenters. The maximum Gasteiger partial charge on any atom is 0.419 e. The maximum atomic E-state index is 10.7. The summed E-state index contributed by atoms with van der Waals surface area (Å²) in [6.07, 6.45) is 0.341. The van der Waals surface area contributed by atoms with Crippen LogP contribution in [-0.4, -0.2) is 19.6 Å².